The van der Waals surface area contributed by atoms with Gasteiger partial charge in [-0.15, -0.1) is 0 Å². The minimum Gasteiger partial charge on any atom is -0.323 e. The van der Waals surface area contributed by atoms with Gasteiger partial charge in [-0.05, 0) is 45.9 Å². The van der Waals surface area contributed by atoms with Crippen LogP contribution in [-0.4, -0.2) is 80.6 Å². The second kappa shape index (κ2) is 5.89. The molecule has 2 saturated heterocycles. The van der Waals surface area contributed by atoms with Crippen LogP contribution in [0.25, 0.3) is 0 Å². The first kappa shape index (κ1) is 13.6. The van der Waals surface area contributed by atoms with Crippen LogP contribution >= 0.6 is 0 Å². The van der Waals surface area contributed by atoms with Gasteiger partial charge in [0.05, 0.1) is 6.04 Å². The number of nitrogens with zero attached hydrogens (tertiary/aromatic N) is 3. The zero-order valence-corrected chi connectivity index (χ0v) is 11.9. The van der Waals surface area contributed by atoms with E-state index in [1.165, 1.54) is 13.0 Å². The van der Waals surface area contributed by atoms with E-state index in [9.17, 15) is 4.79 Å². The van der Waals surface area contributed by atoms with Crippen molar-refractivity contribution in [3.05, 3.63) is 0 Å². The van der Waals surface area contributed by atoms with Crippen LogP contribution in [0.2, 0.25) is 0 Å². The molecule has 0 aromatic heterocycles. The number of hydrogen-bond acceptors (Lipinski definition) is 3. The van der Waals surface area contributed by atoms with Crippen LogP contribution in [0.1, 0.15) is 12.8 Å². The van der Waals surface area contributed by atoms with Crippen molar-refractivity contribution in [1.29, 1.82) is 0 Å². The molecular weight excluding hydrogens is 228 g/mol. The van der Waals surface area contributed by atoms with E-state index >= 15 is 0 Å². The number of nitrogens with one attached hydrogen (secondary N) is 1. The summed E-state index contributed by atoms with van der Waals surface area (Å²) in [6, 6.07) is 0.627. The number of urea groups is 1. The molecule has 0 aromatic rings. The van der Waals surface area contributed by atoms with E-state index in [1.807, 2.05) is 23.9 Å². The van der Waals surface area contributed by atoms with Crippen molar-refractivity contribution in [2.24, 2.45) is 5.92 Å². The SMILES string of the molecule is CNCCCN1CC(C2CCN(C)C2)N(C)C1=O. The monoisotopic (exact) mass is 254 g/mol. The molecular formula is C13H26N4O. The zero-order valence-electron chi connectivity index (χ0n) is 11.9. The summed E-state index contributed by atoms with van der Waals surface area (Å²) in [5.74, 6) is 0.651. The van der Waals surface area contributed by atoms with Gasteiger partial charge >= 0.3 is 6.03 Å². The van der Waals surface area contributed by atoms with Gasteiger partial charge in [-0.3, -0.25) is 0 Å². The van der Waals surface area contributed by atoms with Crippen LogP contribution in [0.4, 0.5) is 4.79 Å². The summed E-state index contributed by atoms with van der Waals surface area (Å²) >= 11 is 0. The van der Waals surface area contributed by atoms with E-state index in [-0.39, 0.29) is 6.03 Å². The first-order valence-corrected chi connectivity index (χ1v) is 6.98. The molecule has 5 nitrogen and oxygen atoms in total. The highest BCUT2D eigenvalue weighted by Gasteiger charge is 2.40. The van der Waals surface area contributed by atoms with Crippen molar-refractivity contribution in [1.82, 2.24) is 20.0 Å². The molecule has 18 heavy (non-hydrogen) atoms. The van der Waals surface area contributed by atoms with E-state index in [0.29, 0.717) is 12.0 Å². The average molecular weight is 254 g/mol. The number of amides is 2. The van der Waals surface area contributed by atoms with Crippen molar-refractivity contribution in [3.63, 3.8) is 0 Å². The van der Waals surface area contributed by atoms with Crippen molar-refractivity contribution < 1.29 is 4.79 Å². The molecule has 5 heteroatoms. The lowest BCUT2D eigenvalue weighted by molar-refractivity contribution is 0.189. The maximum Gasteiger partial charge on any atom is 0.320 e. The van der Waals surface area contributed by atoms with Crippen LogP contribution in [0.3, 0.4) is 0 Å². The second-order valence-electron chi connectivity index (χ2n) is 5.67. The molecule has 0 radical (unpaired) electrons. The number of likely N-dealkylation sites (tertiary alicyclic amines) is 1. The van der Waals surface area contributed by atoms with Crippen LogP contribution in [0, 0.1) is 5.92 Å². The largest absolute Gasteiger partial charge is 0.323 e. The summed E-state index contributed by atoms with van der Waals surface area (Å²) in [6.45, 7) is 5.07. The van der Waals surface area contributed by atoms with Crippen LogP contribution in [0.5, 0.6) is 0 Å². The van der Waals surface area contributed by atoms with E-state index in [0.717, 1.165) is 32.6 Å². The molecule has 0 spiro atoms. The Balaban J connectivity index is 1.88. The Morgan fingerprint density at radius 1 is 1.33 bits per heavy atom. The number of hydrogen-bond donors (Lipinski definition) is 1. The molecule has 1 N–H and O–H groups in total. The molecule has 0 aliphatic carbocycles. The van der Waals surface area contributed by atoms with Crippen LogP contribution < -0.4 is 5.32 Å². The van der Waals surface area contributed by atoms with Crippen LogP contribution in [0.15, 0.2) is 0 Å². The third-order valence-electron chi connectivity index (χ3n) is 4.30. The minimum absolute atomic E-state index is 0.214. The highest BCUT2D eigenvalue weighted by molar-refractivity contribution is 5.76. The molecule has 2 heterocycles. The van der Waals surface area contributed by atoms with Crippen molar-refractivity contribution >= 4 is 6.03 Å². The smallest absolute Gasteiger partial charge is 0.320 e. The van der Waals surface area contributed by atoms with Gasteiger partial charge in [-0.2, -0.15) is 0 Å². The molecule has 2 rings (SSSR count). The Labute approximate surface area is 110 Å². The van der Waals surface area contributed by atoms with Crippen molar-refractivity contribution in [2.75, 3.05) is 53.9 Å². The van der Waals surface area contributed by atoms with E-state index in [2.05, 4.69) is 17.3 Å². The predicted molar refractivity (Wildman–Crippen MR) is 72.7 cm³/mol. The summed E-state index contributed by atoms with van der Waals surface area (Å²) in [5, 5.41) is 3.13. The van der Waals surface area contributed by atoms with Gasteiger partial charge in [0.1, 0.15) is 0 Å². The molecule has 2 unspecified atom stereocenters. The summed E-state index contributed by atoms with van der Waals surface area (Å²) < 4.78 is 0. The fourth-order valence-corrected chi connectivity index (χ4v) is 3.17. The van der Waals surface area contributed by atoms with Gasteiger partial charge in [0.2, 0.25) is 0 Å². The van der Waals surface area contributed by atoms with Crippen LogP contribution in [-0.2, 0) is 0 Å². The Morgan fingerprint density at radius 2 is 2.11 bits per heavy atom. The topological polar surface area (TPSA) is 38.8 Å². The molecule has 2 amide bonds. The fraction of sp³-hybridized carbons (Fsp3) is 0.923. The lowest BCUT2D eigenvalue weighted by Crippen LogP contribution is -2.37. The summed E-state index contributed by atoms with van der Waals surface area (Å²) in [4.78, 5) is 18.5. The quantitative estimate of drug-likeness (QED) is 0.717. The minimum atomic E-state index is 0.214. The van der Waals surface area contributed by atoms with Crippen molar-refractivity contribution in [3.8, 4) is 0 Å². The maximum atomic E-state index is 12.2. The Morgan fingerprint density at radius 3 is 2.72 bits per heavy atom. The molecule has 2 fully saturated rings. The maximum absolute atomic E-state index is 12.2. The standard InChI is InChI=1S/C13H26N4O/c1-14-6-4-7-17-10-12(16(3)13(17)18)11-5-8-15(2)9-11/h11-12,14H,4-10H2,1-3H3. The van der Waals surface area contributed by atoms with E-state index in [1.54, 1.807) is 0 Å². The molecule has 0 saturated carbocycles. The van der Waals surface area contributed by atoms with Gasteiger partial charge in [0, 0.05) is 26.7 Å². The first-order chi connectivity index (χ1) is 8.63. The second-order valence-corrected chi connectivity index (χ2v) is 5.67. The predicted octanol–water partition coefficient (Wildman–Crippen LogP) is 0.284. The Kier molecular flexibility index (Phi) is 4.45. The highest BCUT2D eigenvalue weighted by atomic mass is 16.2. The third kappa shape index (κ3) is 2.78. The number of carbonyl (C=O) groups is 1. The zero-order chi connectivity index (χ0) is 13.1. The van der Waals surface area contributed by atoms with Gasteiger partial charge in [0.15, 0.2) is 0 Å². The summed E-state index contributed by atoms with van der Waals surface area (Å²) in [7, 11) is 6.08. The lowest BCUT2D eigenvalue weighted by Gasteiger charge is -2.23. The number of carbonyl (C=O) groups excluding carboxylic acids is 1. The fourth-order valence-electron chi connectivity index (χ4n) is 3.17. The number of rotatable bonds is 5. The summed E-state index contributed by atoms with van der Waals surface area (Å²) in [6.07, 6.45) is 2.26. The van der Waals surface area contributed by atoms with Gasteiger partial charge in [-0.1, -0.05) is 0 Å². The van der Waals surface area contributed by atoms with E-state index < -0.39 is 0 Å². The Hall–Kier alpha value is -0.810. The van der Waals surface area contributed by atoms with Gasteiger partial charge in [0.25, 0.3) is 0 Å². The molecule has 2 atom stereocenters. The molecule has 0 bridgehead atoms. The molecule has 2 aliphatic rings. The van der Waals surface area contributed by atoms with Gasteiger partial charge in [-0.25, -0.2) is 4.79 Å². The molecule has 0 aromatic carbocycles. The van der Waals surface area contributed by atoms with Crippen molar-refractivity contribution in [2.45, 2.75) is 18.9 Å². The van der Waals surface area contributed by atoms with E-state index in [4.69, 9.17) is 0 Å². The highest BCUT2D eigenvalue weighted by Crippen LogP contribution is 2.27. The Bertz CT molecular complexity index is 297. The third-order valence-corrected chi connectivity index (χ3v) is 4.30. The molecule has 2 aliphatic heterocycles. The number of likely N-dealkylation sites (N-methyl/N-ethyl adjacent to an activating group) is 1. The normalized spacial score (nSPS) is 29.6. The molecule has 104 valence electrons. The first-order valence-electron chi connectivity index (χ1n) is 6.98. The summed E-state index contributed by atoms with van der Waals surface area (Å²) in [5.41, 5.74) is 0. The lowest BCUT2D eigenvalue weighted by atomic mass is 9.99. The van der Waals surface area contributed by atoms with Gasteiger partial charge < -0.3 is 20.0 Å². The average Bonchev–Trinajstić information content (AvgIpc) is 2.88.